The molecule has 0 spiro atoms. The molecule has 18 heavy (non-hydrogen) atoms. The predicted octanol–water partition coefficient (Wildman–Crippen LogP) is 2.60. The van der Waals surface area contributed by atoms with Gasteiger partial charge in [0.2, 0.25) is 0 Å². The van der Waals surface area contributed by atoms with E-state index < -0.39 is 17.3 Å². The van der Waals surface area contributed by atoms with Crippen LogP contribution in [0.2, 0.25) is 0 Å². The van der Waals surface area contributed by atoms with Gasteiger partial charge >= 0.3 is 6.18 Å². The molecule has 2 saturated heterocycles. The van der Waals surface area contributed by atoms with Gasteiger partial charge in [0.25, 0.3) is 0 Å². The maximum absolute atomic E-state index is 13.1. The maximum Gasteiger partial charge on any atom is 0.416 e. The number of halogens is 3. The highest BCUT2D eigenvalue weighted by Gasteiger charge is 2.51. The number of nitrogens with one attached hydrogen (secondary N) is 1. The molecule has 0 saturated carbocycles. The van der Waals surface area contributed by atoms with Crippen LogP contribution in [0.3, 0.4) is 0 Å². The van der Waals surface area contributed by atoms with Gasteiger partial charge in [-0.3, -0.25) is 0 Å². The van der Waals surface area contributed by atoms with E-state index in [1.807, 2.05) is 0 Å². The molecule has 1 aromatic rings. The summed E-state index contributed by atoms with van der Waals surface area (Å²) < 4.78 is 45.0. The molecule has 5 heteroatoms. The zero-order valence-electron chi connectivity index (χ0n) is 9.97. The minimum Gasteiger partial charge on any atom is -0.367 e. The average molecular weight is 257 g/mol. The smallest absolute Gasteiger partial charge is 0.367 e. The Labute approximate surface area is 103 Å². The summed E-state index contributed by atoms with van der Waals surface area (Å²) >= 11 is 0. The second kappa shape index (κ2) is 3.71. The maximum atomic E-state index is 13.1. The Morgan fingerprint density at radius 2 is 2.17 bits per heavy atom. The molecule has 2 fully saturated rings. The number of hydrogen-bond acceptors (Lipinski definition) is 2. The quantitative estimate of drug-likeness (QED) is 0.835. The van der Waals surface area contributed by atoms with Crippen LogP contribution in [-0.2, 0) is 16.5 Å². The van der Waals surface area contributed by atoms with E-state index in [0.29, 0.717) is 25.1 Å². The lowest BCUT2D eigenvalue weighted by atomic mass is 9.87. The van der Waals surface area contributed by atoms with Crippen molar-refractivity contribution in [3.63, 3.8) is 0 Å². The van der Waals surface area contributed by atoms with Crippen molar-refractivity contribution in [2.75, 3.05) is 13.2 Å². The molecule has 2 atom stereocenters. The molecule has 2 bridgehead atoms. The first-order valence-corrected chi connectivity index (χ1v) is 5.96. The van der Waals surface area contributed by atoms with E-state index in [1.54, 1.807) is 19.1 Å². The first-order valence-electron chi connectivity index (χ1n) is 5.96. The molecule has 1 aromatic carbocycles. The Hall–Kier alpha value is -1.07. The van der Waals surface area contributed by atoms with Crippen molar-refractivity contribution in [3.05, 3.63) is 34.9 Å². The number of fused-ring (bicyclic) bond motifs is 2. The normalized spacial score (nSPS) is 31.0. The number of rotatable bonds is 1. The fourth-order valence-corrected chi connectivity index (χ4v) is 2.91. The van der Waals surface area contributed by atoms with Gasteiger partial charge < -0.3 is 10.1 Å². The van der Waals surface area contributed by atoms with Crippen LogP contribution < -0.4 is 5.32 Å². The average Bonchev–Trinajstić information content (AvgIpc) is 2.88. The molecule has 0 aliphatic carbocycles. The zero-order valence-corrected chi connectivity index (χ0v) is 9.97. The Balaban J connectivity index is 2.12. The van der Waals surface area contributed by atoms with Crippen LogP contribution >= 0.6 is 0 Å². The third-order valence-electron chi connectivity index (χ3n) is 3.78. The highest BCUT2D eigenvalue weighted by molar-refractivity contribution is 5.40. The Morgan fingerprint density at radius 1 is 1.39 bits per heavy atom. The molecule has 2 unspecified atom stereocenters. The largest absolute Gasteiger partial charge is 0.416 e. The first-order chi connectivity index (χ1) is 8.41. The van der Waals surface area contributed by atoms with Crippen LogP contribution in [0.5, 0.6) is 0 Å². The summed E-state index contributed by atoms with van der Waals surface area (Å²) in [6.07, 6.45) is -3.71. The molecule has 2 nitrogen and oxygen atoms in total. The lowest BCUT2D eigenvalue weighted by Gasteiger charge is -2.30. The molecule has 0 aromatic heterocycles. The van der Waals surface area contributed by atoms with Crippen molar-refractivity contribution in [1.29, 1.82) is 0 Å². The van der Waals surface area contributed by atoms with Crippen LogP contribution in [0.4, 0.5) is 13.2 Å². The van der Waals surface area contributed by atoms with Crippen molar-refractivity contribution >= 4 is 0 Å². The number of morpholine rings is 1. The Bertz CT molecular complexity index is 476. The zero-order chi connectivity index (χ0) is 13.0. The van der Waals surface area contributed by atoms with Crippen molar-refractivity contribution in [1.82, 2.24) is 5.32 Å². The Kier molecular flexibility index (Phi) is 2.47. The second-order valence-corrected chi connectivity index (χ2v) is 5.13. The standard InChI is InChI=1S/C13H14F3NO/c1-8-2-3-10(11(4-8)13(14,15)16)12-5-9(6-18-12)17-7-12/h2-4,9,17H,5-7H2,1H3. The van der Waals surface area contributed by atoms with Gasteiger partial charge in [-0.25, -0.2) is 0 Å². The first kappa shape index (κ1) is 12.0. The molecule has 2 aliphatic heterocycles. The monoisotopic (exact) mass is 257 g/mol. The molecular weight excluding hydrogens is 243 g/mol. The fourth-order valence-electron chi connectivity index (χ4n) is 2.91. The summed E-state index contributed by atoms with van der Waals surface area (Å²) in [5.41, 5.74) is -0.466. The highest BCUT2D eigenvalue weighted by Crippen LogP contribution is 2.45. The summed E-state index contributed by atoms with van der Waals surface area (Å²) in [6, 6.07) is 4.67. The van der Waals surface area contributed by atoms with Crippen molar-refractivity contribution in [2.45, 2.75) is 31.2 Å². The van der Waals surface area contributed by atoms with E-state index in [1.165, 1.54) is 6.07 Å². The third-order valence-corrected chi connectivity index (χ3v) is 3.78. The van der Waals surface area contributed by atoms with E-state index >= 15 is 0 Å². The minimum atomic E-state index is -4.33. The second-order valence-electron chi connectivity index (χ2n) is 5.13. The minimum absolute atomic E-state index is 0.187. The number of ether oxygens (including phenoxy) is 1. The van der Waals surface area contributed by atoms with Gasteiger partial charge in [0.05, 0.1) is 12.2 Å². The van der Waals surface area contributed by atoms with Gasteiger partial charge in [0, 0.05) is 12.6 Å². The van der Waals surface area contributed by atoms with Crippen LogP contribution in [0.15, 0.2) is 18.2 Å². The number of aryl methyl sites for hydroxylation is 1. The predicted molar refractivity (Wildman–Crippen MR) is 60.2 cm³/mol. The summed E-state index contributed by atoms with van der Waals surface area (Å²) in [4.78, 5) is 0. The van der Waals surface area contributed by atoms with Crippen molar-refractivity contribution < 1.29 is 17.9 Å². The number of benzene rings is 1. The lowest BCUT2D eigenvalue weighted by Crippen LogP contribution is -2.38. The van der Waals surface area contributed by atoms with Gasteiger partial charge in [0.1, 0.15) is 5.60 Å². The molecule has 2 heterocycles. The number of hydrogen-bond donors (Lipinski definition) is 1. The highest BCUT2D eigenvalue weighted by atomic mass is 19.4. The van der Waals surface area contributed by atoms with Gasteiger partial charge in [-0.05, 0) is 25.0 Å². The summed E-state index contributed by atoms with van der Waals surface area (Å²) in [7, 11) is 0. The van der Waals surface area contributed by atoms with Crippen LogP contribution in [0.25, 0.3) is 0 Å². The van der Waals surface area contributed by atoms with Gasteiger partial charge in [-0.15, -0.1) is 0 Å². The molecular formula is C13H14F3NO. The molecule has 0 amide bonds. The Morgan fingerprint density at radius 3 is 2.67 bits per heavy atom. The molecule has 0 radical (unpaired) electrons. The van der Waals surface area contributed by atoms with E-state index in [0.717, 1.165) is 0 Å². The molecule has 1 N–H and O–H groups in total. The fraction of sp³-hybridized carbons (Fsp3) is 0.538. The van der Waals surface area contributed by atoms with Crippen LogP contribution in [0, 0.1) is 6.92 Å². The summed E-state index contributed by atoms with van der Waals surface area (Å²) in [5, 5.41) is 3.20. The van der Waals surface area contributed by atoms with Gasteiger partial charge in [0.15, 0.2) is 0 Å². The number of alkyl halides is 3. The summed E-state index contributed by atoms with van der Waals surface area (Å²) in [6.45, 7) is 2.62. The molecule has 98 valence electrons. The van der Waals surface area contributed by atoms with E-state index in [9.17, 15) is 13.2 Å². The van der Waals surface area contributed by atoms with Crippen molar-refractivity contribution in [2.24, 2.45) is 0 Å². The van der Waals surface area contributed by atoms with Gasteiger partial charge in [-0.1, -0.05) is 17.7 Å². The van der Waals surface area contributed by atoms with Crippen molar-refractivity contribution in [3.8, 4) is 0 Å². The van der Waals surface area contributed by atoms with Crippen LogP contribution in [0.1, 0.15) is 23.1 Å². The molecule has 3 rings (SSSR count). The van der Waals surface area contributed by atoms with E-state index in [4.69, 9.17) is 4.74 Å². The topological polar surface area (TPSA) is 21.3 Å². The van der Waals surface area contributed by atoms with Crippen LogP contribution in [-0.4, -0.2) is 19.2 Å². The third kappa shape index (κ3) is 1.73. The molecule has 2 aliphatic rings. The van der Waals surface area contributed by atoms with Gasteiger partial charge in [-0.2, -0.15) is 13.2 Å². The lowest BCUT2D eigenvalue weighted by molar-refractivity contribution is -0.141. The van der Waals surface area contributed by atoms with E-state index in [-0.39, 0.29) is 11.6 Å². The summed E-state index contributed by atoms with van der Waals surface area (Å²) in [5.74, 6) is 0. The van der Waals surface area contributed by atoms with E-state index in [2.05, 4.69) is 5.32 Å². The SMILES string of the molecule is Cc1ccc(C23CNC(CO2)C3)c(C(F)(F)F)c1.